The Morgan fingerprint density at radius 3 is 2.50 bits per heavy atom. The molecule has 1 amide bonds. The summed E-state index contributed by atoms with van der Waals surface area (Å²) in [4.78, 5) is 13.5. The first-order valence-corrected chi connectivity index (χ1v) is 4.36. The second-order valence-electron chi connectivity index (χ2n) is 2.12. The standard InChI is InChI=1S/C5H5NO5S/c7-3-1-5(8)6-2-4(3)12(9,10)11/h1-2,4,7H,(H,9,10,11). The topological polar surface area (TPSA) is 104 Å². The normalized spacial score (nSPS) is 23.9. The van der Waals surface area contributed by atoms with Gasteiger partial charge in [0.05, 0.1) is 0 Å². The van der Waals surface area contributed by atoms with Crippen molar-refractivity contribution in [2.75, 3.05) is 0 Å². The quantitative estimate of drug-likeness (QED) is 0.533. The SMILES string of the molecule is O=C1C=C(O)C(S(=O)(=O)O)C=N1. The molecule has 0 aliphatic carbocycles. The lowest BCUT2D eigenvalue weighted by Crippen LogP contribution is -2.27. The molecule has 2 N–H and O–H groups in total. The number of hydrogen-bond donors (Lipinski definition) is 2. The van der Waals surface area contributed by atoms with Gasteiger partial charge in [-0.2, -0.15) is 8.42 Å². The summed E-state index contributed by atoms with van der Waals surface area (Å²) in [7, 11) is -4.42. The number of nitrogens with zero attached hydrogens (tertiary/aromatic N) is 1. The van der Waals surface area contributed by atoms with Crippen LogP contribution < -0.4 is 0 Å². The number of carbonyl (C=O) groups excluding carboxylic acids is 1. The lowest BCUT2D eigenvalue weighted by atomic mass is 10.3. The van der Waals surface area contributed by atoms with E-state index in [-0.39, 0.29) is 0 Å². The molecule has 12 heavy (non-hydrogen) atoms. The predicted molar refractivity (Wildman–Crippen MR) is 39.5 cm³/mol. The van der Waals surface area contributed by atoms with Crippen LogP contribution in [0.4, 0.5) is 0 Å². The van der Waals surface area contributed by atoms with Gasteiger partial charge in [-0.05, 0) is 0 Å². The summed E-state index contributed by atoms with van der Waals surface area (Å²) in [6.07, 6.45) is 1.31. The monoisotopic (exact) mass is 191 g/mol. The molecule has 0 aromatic heterocycles. The zero-order valence-electron chi connectivity index (χ0n) is 5.71. The fourth-order valence-electron chi connectivity index (χ4n) is 0.693. The zero-order valence-corrected chi connectivity index (χ0v) is 6.52. The highest BCUT2D eigenvalue weighted by atomic mass is 32.2. The van der Waals surface area contributed by atoms with Crippen LogP contribution in [0.3, 0.4) is 0 Å². The van der Waals surface area contributed by atoms with Gasteiger partial charge in [-0.15, -0.1) is 0 Å². The summed E-state index contributed by atoms with van der Waals surface area (Å²) in [6, 6.07) is 0. The Morgan fingerprint density at radius 1 is 1.50 bits per heavy atom. The van der Waals surface area contributed by atoms with E-state index >= 15 is 0 Å². The van der Waals surface area contributed by atoms with Crippen LogP contribution in [-0.4, -0.2) is 35.4 Å². The second-order valence-corrected chi connectivity index (χ2v) is 3.66. The van der Waals surface area contributed by atoms with Gasteiger partial charge in [-0.1, -0.05) is 0 Å². The van der Waals surface area contributed by atoms with Crippen LogP contribution in [0.25, 0.3) is 0 Å². The average Bonchev–Trinajstić information content (AvgIpc) is 1.83. The molecular weight excluding hydrogens is 186 g/mol. The van der Waals surface area contributed by atoms with Crippen LogP contribution in [0.1, 0.15) is 0 Å². The van der Waals surface area contributed by atoms with Crippen molar-refractivity contribution in [3.05, 3.63) is 11.8 Å². The maximum absolute atomic E-state index is 10.5. The molecule has 0 fully saturated rings. The number of amides is 1. The smallest absolute Gasteiger partial charge is 0.280 e. The number of rotatable bonds is 1. The van der Waals surface area contributed by atoms with E-state index in [0.29, 0.717) is 12.3 Å². The molecule has 1 rings (SSSR count). The van der Waals surface area contributed by atoms with Crippen molar-refractivity contribution in [2.45, 2.75) is 5.25 Å². The lowest BCUT2D eigenvalue weighted by Gasteiger charge is -2.09. The summed E-state index contributed by atoms with van der Waals surface area (Å²) >= 11 is 0. The molecule has 0 bridgehead atoms. The Labute approximate surface area is 68.0 Å². The van der Waals surface area contributed by atoms with E-state index in [2.05, 4.69) is 4.99 Å². The molecule has 1 atom stereocenters. The van der Waals surface area contributed by atoms with Crippen LogP contribution in [0, 0.1) is 0 Å². The van der Waals surface area contributed by atoms with Crippen molar-refractivity contribution < 1.29 is 22.9 Å². The number of aliphatic hydroxyl groups excluding tert-OH is 1. The zero-order chi connectivity index (χ0) is 9.35. The molecule has 0 saturated heterocycles. The van der Waals surface area contributed by atoms with Crippen molar-refractivity contribution in [3.8, 4) is 0 Å². The Balaban J connectivity index is 3.06. The van der Waals surface area contributed by atoms with Crippen molar-refractivity contribution >= 4 is 22.2 Å². The van der Waals surface area contributed by atoms with Gasteiger partial charge >= 0.3 is 0 Å². The van der Waals surface area contributed by atoms with Crippen molar-refractivity contribution in [1.82, 2.24) is 0 Å². The van der Waals surface area contributed by atoms with Gasteiger partial charge in [0.15, 0.2) is 5.25 Å². The third kappa shape index (κ3) is 1.69. The highest BCUT2D eigenvalue weighted by Crippen LogP contribution is 2.10. The van der Waals surface area contributed by atoms with E-state index in [1.165, 1.54) is 0 Å². The molecule has 66 valence electrons. The van der Waals surface area contributed by atoms with Crippen LogP contribution in [0.2, 0.25) is 0 Å². The first-order chi connectivity index (χ1) is 5.41. The molecule has 1 aliphatic heterocycles. The Kier molecular flexibility index (Phi) is 1.99. The van der Waals surface area contributed by atoms with Crippen LogP contribution in [0.5, 0.6) is 0 Å². The minimum Gasteiger partial charge on any atom is -0.510 e. The highest BCUT2D eigenvalue weighted by molar-refractivity contribution is 7.87. The summed E-state index contributed by atoms with van der Waals surface area (Å²) in [5.74, 6) is -1.48. The molecule has 6 nitrogen and oxygen atoms in total. The van der Waals surface area contributed by atoms with Crippen molar-refractivity contribution in [2.24, 2.45) is 4.99 Å². The number of hydrogen-bond acceptors (Lipinski definition) is 4. The highest BCUT2D eigenvalue weighted by Gasteiger charge is 2.28. The second kappa shape index (κ2) is 2.68. The Morgan fingerprint density at radius 2 is 2.08 bits per heavy atom. The maximum Gasteiger partial charge on any atom is 0.280 e. The van der Waals surface area contributed by atoms with Gasteiger partial charge in [0.25, 0.3) is 16.0 Å². The summed E-state index contributed by atoms with van der Waals surface area (Å²) in [5.41, 5.74) is 0. The molecule has 0 aromatic carbocycles. The first-order valence-electron chi connectivity index (χ1n) is 2.86. The molecule has 1 aliphatic rings. The molecular formula is C5H5NO5S. The van der Waals surface area contributed by atoms with Crippen molar-refractivity contribution in [1.29, 1.82) is 0 Å². The molecule has 0 saturated carbocycles. The van der Waals surface area contributed by atoms with E-state index in [1.54, 1.807) is 0 Å². The summed E-state index contributed by atoms with van der Waals surface area (Å²) < 4.78 is 29.4. The van der Waals surface area contributed by atoms with E-state index in [0.717, 1.165) is 0 Å². The number of aliphatic hydroxyl groups is 1. The summed E-state index contributed by atoms with van der Waals surface area (Å²) in [6.45, 7) is 0. The minimum absolute atomic E-state index is 0.637. The number of aliphatic imine (C=N–C) groups is 1. The maximum atomic E-state index is 10.5. The van der Waals surface area contributed by atoms with Gasteiger partial charge in [-0.3, -0.25) is 9.35 Å². The molecule has 7 heteroatoms. The fourth-order valence-corrected chi connectivity index (χ4v) is 1.28. The summed E-state index contributed by atoms with van der Waals surface area (Å²) in [5, 5.41) is 7.27. The van der Waals surface area contributed by atoms with E-state index in [4.69, 9.17) is 9.66 Å². The molecule has 0 radical (unpaired) electrons. The van der Waals surface area contributed by atoms with Gasteiger partial charge in [0.2, 0.25) is 0 Å². The first kappa shape index (κ1) is 8.88. The molecule has 0 aromatic rings. The van der Waals surface area contributed by atoms with E-state index < -0.39 is 27.0 Å². The molecule has 1 unspecified atom stereocenters. The largest absolute Gasteiger partial charge is 0.510 e. The van der Waals surface area contributed by atoms with E-state index in [1.807, 2.05) is 0 Å². The molecule has 0 spiro atoms. The lowest BCUT2D eigenvalue weighted by molar-refractivity contribution is -0.113. The van der Waals surface area contributed by atoms with Gasteiger partial charge in [-0.25, -0.2) is 4.99 Å². The Hall–Kier alpha value is -1.21. The Bertz CT molecular complexity index is 365. The van der Waals surface area contributed by atoms with E-state index in [9.17, 15) is 13.2 Å². The number of carbonyl (C=O) groups is 1. The van der Waals surface area contributed by atoms with Gasteiger partial charge < -0.3 is 5.11 Å². The van der Waals surface area contributed by atoms with Crippen LogP contribution in [-0.2, 0) is 14.9 Å². The third-order valence-electron chi connectivity index (χ3n) is 1.22. The van der Waals surface area contributed by atoms with Crippen LogP contribution >= 0.6 is 0 Å². The predicted octanol–water partition coefficient (Wildman–Crippen LogP) is -0.704. The number of dihydropyridines is 1. The molecule has 1 heterocycles. The van der Waals surface area contributed by atoms with Crippen molar-refractivity contribution in [3.63, 3.8) is 0 Å². The van der Waals surface area contributed by atoms with Gasteiger partial charge in [0, 0.05) is 12.3 Å². The van der Waals surface area contributed by atoms with Crippen LogP contribution in [0.15, 0.2) is 16.8 Å². The average molecular weight is 191 g/mol. The third-order valence-corrected chi connectivity index (χ3v) is 2.23. The minimum atomic E-state index is -4.42. The fraction of sp³-hybridized carbons (Fsp3) is 0.200. The van der Waals surface area contributed by atoms with Gasteiger partial charge in [0.1, 0.15) is 5.76 Å².